The highest BCUT2D eigenvalue weighted by atomic mass is 19.4. The molecule has 1 heterocycles. The number of nitrogens with zero attached hydrogens (tertiary/aromatic N) is 1. The number of aryl methyl sites for hydroxylation is 1. The Morgan fingerprint density at radius 3 is 2.67 bits per heavy atom. The van der Waals surface area contributed by atoms with Crippen LogP contribution in [-0.2, 0) is 13.0 Å². The largest absolute Gasteiger partial charge is 0.389 e. The lowest BCUT2D eigenvalue weighted by Gasteiger charge is -2.11. The number of rotatable bonds is 6. The SMILES string of the molecule is CCC(N)Cc1ccc2ccn(CCCC(F)(F)F)c2c1. The van der Waals surface area contributed by atoms with Crippen molar-refractivity contribution in [3.05, 3.63) is 36.0 Å². The molecule has 0 saturated heterocycles. The van der Waals surface area contributed by atoms with E-state index in [1.807, 2.05) is 42.0 Å². The van der Waals surface area contributed by atoms with Gasteiger partial charge in [0.05, 0.1) is 0 Å². The molecule has 1 aromatic carbocycles. The van der Waals surface area contributed by atoms with E-state index >= 15 is 0 Å². The zero-order chi connectivity index (χ0) is 15.5. The summed E-state index contributed by atoms with van der Waals surface area (Å²) in [7, 11) is 0. The first kappa shape index (κ1) is 15.9. The van der Waals surface area contributed by atoms with Gasteiger partial charge in [-0.05, 0) is 42.3 Å². The molecule has 116 valence electrons. The molecule has 0 amide bonds. The van der Waals surface area contributed by atoms with E-state index < -0.39 is 12.6 Å². The van der Waals surface area contributed by atoms with Crippen molar-refractivity contribution in [3.63, 3.8) is 0 Å². The molecule has 2 N–H and O–H groups in total. The molecule has 1 atom stereocenters. The lowest BCUT2D eigenvalue weighted by molar-refractivity contribution is -0.135. The number of alkyl halides is 3. The molecule has 1 unspecified atom stereocenters. The van der Waals surface area contributed by atoms with Crippen LogP contribution in [0.4, 0.5) is 13.2 Å². The van der Waals surface area contributed by atoms with Gasteiger partial charge in [0.1, 0.15) is 0 Å². The Hall–Kier alpha value is -1.49. The van der Waals surface area contributed by atoms with Gasteiger partial charge in [0.25, 0.3) is 0 Å². The van der Waals surface area contributed by atoms with Gasteiger partial charge < -0.3 is 10.3 Å². The number of hydrogen-bond acceptors (Lipinski definition) is 1. The van der Waals surface area contributed by atoms with Gasteiger partial charge in [-0.25, -0.2) is 0 Å². The summed E-state index contributed by atoms with van der Waals surface area (Å²) in [6, 6.07) is 8.15. The summed E-state index contributed by atoms with van der Waals surface area (Å²) in [6.45, 7) is 2.43. The minimum atomic E-state index is -4.08. The summed E-state index contributed by atoms with van der Waals surface area (Å²) in [5, 5.41) is 1.05. The minimum absolute atomic E-state index is 0.103. The number of aromatic nitrogens is 1. The average molecular weight is 298 g/mol. The summed E-state index contributed by atoms with van der Waals surface area (Å²) >= 11 is 0. The Morgan fingerprint density at radius 2 is 2.00 bits per heavy atom. The molecule has 0 aliphatic rings. The smallest absolute Gasteiger partial charge is 0.347 e. The van der Waals surface area contributed by atoms with Crippen LogP contribution >= 0.6 is 0 Å². The predicted octanol–water partition coefficient (Wildman–Crippen LogP) is 4.26. The van der Waals surface area contributed by atoms with Crippen LogP contribution in [0, 0.1) is 0 Å². The monoisotopic (exact) mass is 298 g/mol. The fourth-order valence-electron chi connectivity index (χ4n) is 2.45. The second kappa shape index (κ2) is 6.52. The van der Waals surface area contributed by atoms with E-state index in [4.69, 9.17) is 5.73 Å². The van der Waals surface area contributed by atoms with Crippen molar-refractivity contribution in [2.24, 2.45) is 5.73 Å². The maximum absolute atomic E-state index is 12.2. The van der Waals surface area contributed by atoms with Gasteiger partial charge in [-0.2, -0.15) is 13.2 Å². The fraction of sp³-hybridized carbons (Fsp3) is 0.500. The van der Waals surface area contributed by atoms with Crippen LogP contribution in [0.2, 0.25) is 0 Å². The summed E-state index contributed by atoms with van der Waals surface area (Å²) < 4.78 is 38.6. The first-order chi connectivity index (χ1) is 9.89. The van der Waals surface area contributed by atoms with E-state index in [-0.39, 0.29) is 12.5 Å². The van der Waals surface area contributed by atoms with E-state index in [1.54, 1.807) is 0 Å². The first-order valence-electron chi connectivity index (χ1n) is 7.29. The second-order valence-corrected chi connectivity index (χ2v) is 5.49. The van der Waals surface area contributed by atoms with Crippen LogP contribution < -0.4 is 5.73 Å². The quantitative estimate of drug-likeness (QED) is 0.848. The molecule has 0 saturated carbocycles. The Kier molecular flexibility index (Phi) is 4.93. The topological polar surface area (TPSA) is 30.9 Å². The van der Waals surface area contributed by atoms with Crippen molar-refractivity contribution in [1.82, 2.24) is 4.57 Å². The van der Waals surface area contributed by atoms with Crippen LogP contribution in [0.5, 0.6) is 0 Å². The molecular weight excluding hydrogens is 277 g/mol. The van der Waals surface area contributed by atoms with Gasteiger partial charge in [0, 0.05) is 30.7 Å². The highest BCUT2D eigenvalue weighted by Gasteiger charge is 2.26. The Bertz CT molecular complexity index is 587. The van der Waals surface area contributed by atoms with Crippen molar-refractivity contribution in [2.45, 2.75) is 51.4 Å². The Labute approximate surface area is 122 Å². The van der Waals surface area contributed by atoms with Crippen molar-refractivity contribution in [1.29, 1.82) is 0 Å². The maximum Gasteiger partial charge on any atom is 0.389 e. The molecule has 0 aliphatic carbocycles. The molecule has 0 radical (unpaired) electrons. The molecule has 2 rings (SSSR count). The third-order valence-corrected chi connectivity index (χ3v) is 3.72. The van der Waals surface area contributed by atoms with Gasteiger partial charge in [-0.1, -0.05) is 19.1 Å². The fourth-order valence-corrected chi connectivity index (χ4v) is 2.45. The van der Waals surface area contributed by atoms with Gasteiger partial charge >= 0.3 is 6.18 Å². The average Bonchev–Trinajstić information content (AvgIpc) is 2.80. The third-order valence-electron chi connectivity index (χ3n) is 3.72. The van der Waals surface area contributed by atoms with Crippen molar-refractivity contribution in [2.75, 3.05) is 0 Å². The number of fused-ring (bicyclic) bond motifs is 1. The molecule has 2 nitrogen and oxygen atoms in total. The lowest BCUT2D eigenvalue weighted by atomic mass is 10.0. The van der Waals surface area contributed by atoms with Crippen molar-refractivity contribution >= 4 is 10.9 Å². The second-order valence-electron chi connectivity index (χ2n) is 5.49. The Morgan fingerprint density at radius 1 is 1.24 bits per heavy atom. The number of halogens is 3. The standard InChI is InChI=1S/C16H21F3N2/c1-2-14(20)10-12-4-5-13-6-9-21(15(13)11-12)8-3-7-16(17,18)19/h4-6,9,11,14H,2-3,7-8,10,20H2,1H3. The molecule has 1 aromatic heterocycles. The molecule has 0 bridgehead atoms. The number of benzene rings is 1. The van der Waals surface area contributed by atoms with E-state index in [9.17, 15) is 13.2 Å². The minimum Gasteiger partial charge on any atom is -0.347 e. The summed E-state index contributed by atoms with van der Waals surface area (Å²) in [5.74, 6) is 0. The van der Waals surface area contributed by atoms with E-state index in [0.29, 0.717) is 6.54 Å². The predicted molar refractivity (Wildman–Crippen MR) is 79.2 cm³/mol. The molecule has 0 spiro atoms. The number of hydrogen-bond donors (Lipinski definition) is 1. The molecule has 21 heavy (non-hydrogen) atoms. The molecule has 5 heteroatoms. The van der Waals surface area contributed by atoms with Crippen molar-refractivity contribution in [3.8, 4) is 0 Å². The first-order valence-corrected chi connectivity index (χ1v) is 7.29. The van der Waals surface area contributed by atoms with Crippen molar-refractivity contribution < 1.29 is 13.2 Å². The summed E-state index contributed by atoms with van der Waals surface area (Å²) in [4.78, 5) is 0. The molecule has 0 fully saturated rings. The lowest BCUT2D eigenvalue weighted by Crippen LogP contribution is -2.21. The highest BCUT2D eigenvalue weighted by molar-refractivity contribution is 5.80. The molecular formula is C16H21F3N2. The zero-order valence-corrected chi connectivity index (χ0v) is 12.2. The molecule has 2 aromatic rings. The number of nitrogens with two attached hydrogens (primary N) is 1. The Balaban J connectivity index is 2.11. The van der Waals surface area contributed by atoms with E-state index in [2.05, 4.69) is 0 Å². The van der Waals surface area contributed by atoms with Crippen LogP contribution in [0.1, 0.15) is 31.7 Å². The summed E-state index contributed by atoms with van der Waals surface area (Å²) in [6.07, 6.45) is -1.17. The molecule has 0 aliphatic heterocycles. The maximum atomic E-state index is 12.2. The normalized spacial score (nSPS) is 13.8. The van der Waals surface area contributed by atoms with Gasteiger partial charge in [0.2, 0.25) is 0 Å². The van der Waals surface area contributed by atoms with E-state index in [0.717, 1.165) is 29.3 Å². The van der Waals surface area contributed by atoms with Crippen LogP contribution in [0.25, 0.3) is 10.9 Å². The van der Waals surface area contributed by atoms with Gasteiger partial charge in [-0.15, -0.1) is 0 Å². The van der Waals surface area contributed by atoms with E-state index in [1.165, 1.54) is 0 Å². The highest BCUT2D eigenvalue weighted by Crippen LogP contribution is 2.23. The van der Waals surface area contributed by atoms with Crippen LogP contribution in [0.15, 0.2) is 30.5 Å². The van der Waals surface area contributed by atoms with Crippen LogP contribution in [0.3, 0.4) is 0 Å². The third kappa shape index (κ3) is 4.49. The van der Waals surface area contributed by atoms with Gasteiger partial charge in [-0.3, -0.25) is 0 Å². The summed E-state index contributed by atoms with van der Waals surface area (Å²) in [5.41, 5.74) is 8.07. The zero-order valence-electron chi connectivity index (χ0n) is 12.2. The van der Waals surface area contributed by atoms with Crippen LogP contribution in [-0.4, -0.2) is 16.8 Å². The van der Waals surface area contributed by atoms with Gasteiger partial charge in [0.15, 0.2) is 0 Å².